The summed E-state index contributed by atoms with van der Waals surface area (Å²) in [6.45, 7) is 6.65. The number of anilines is 1. The first-order chi connectivity index (χ1) is 8.09. The van der Waals surface area contributed by atoms with Gasteiger partial charge in [-0.3, -0.25) is 0 Å². The van der Waals surface area contributed by atoms with E-state index >= 15 is 0 Å². The minimum Gasteiger partial charge on any atom is -0.353 e. The highest BCUT2D eigenvalue weighted by Gasteiger charge is 2.05. The highest BCUT2D eigenvalue weighted by Crippen LogP contribution is 2.26. The van der Waals surface area contributed by atoms with Crippen molar-refractivity contribution < 1.29 is 0 Å². The molecule has 1 heterocycles. The van der Waals surface area contributed by atoms with Crippen LogP contribution in [0.2, 0.25) is 0 Å². The Morgan fingerprint density at radius 1 is 1.29 bits per heavy atom. The molecule has 1 N–H and O–H groups in total. The molecule has 0 amide bonds. The second-order valence-electron chi connectivity index (χ2n) is 4.53. The van der Waals surface area contributed by atoms with Crippen LogP contribution in [0.15, 0.2) is 4.34 Å². The molecule has 0 spiro atoms. The van der Waals surface area contributed by atoms with Crippen LogP contribution in [-0.4, -0.2) is 43.1 Å². The highest BCUT2D eigenvalue weighted by molar-refractivity contribution is 8.01. The predicted octanol–water partition coefficient (Wildman–Crippen LogP) is 2.33. The quantitative estimate of drug-likeness (QED) is 0.582. The molecule has 6 heteroatoms. The fourth-order valence-corrected chi connectivity index (χ4v) is 2.90. The first-order valence-corrected chi connectivity index (χ1v) is 7.74. The van der Waals surface area contributed by atoms with Gasteiger partial charge in [0.25, 0.3) is 0 Å². The van der Waals surface area contributed by atoms with Gasteiger partial charge in [0.1, 0.15) is 0 Å². The average molecular weight is 274 g/mol. The number of hydrogen-bond donors (Lipinski definition) is 1. The number of thioether (sulfide) groups is 1. The lowest BCUT2D eigenvalue weighted by atomic mass is 10.1. The van der Waals surface area contributed by atoms with E-state index in [9.17, 15) is 0 Å². The van der Waals surface area contributed by atoms with Crippen molar-refractivity contribution in [2.75, 3.05) is 37.8 Å². The molecule has 0 saturated carbocycles. The Balaban J connectivity index is 2.09. The highest BCUT2D eigenvalue weighted by atomic mass is 32.2. The summed E-state index contributed by atoms with van der Waals surface area (Å²) in [5, 5.41) is 12.7. The number of aromatic nitrogens is 2. The smallest absolute Gasteiger partial charge is 0.208 e. The molecule has 4 nitrogen and oxygen atoms in total. The van der Waals surface area contributed by atoms with E-state index in [1.807, 2.05) is 19.0 Å². The van der Waals surface area contributed by atoms with Gasteiger partial charge in [-0.05, 0) is 18.9 Å². The van der Waals surface area contributed by atoms with E-state index in [1.165, 1.54) is 6.42 Å². The summed E-state index contributed by atoms with van der Waals surface area (Å²) in [7, 11) is 3.98. The Kier molecular flexibility index (Phi) is 6.84. The fraction of sp³-hybridized carbons (Fsp3) is 0.818. The molecule has 0 unspecified atom stereocenters. The van der Waals surface area contributed by atoms with E-state index in [4.69, 9.17) is 0 Å². The summed E-state index contributed by atoms with van der Waals surface area (Å²) >= 11 is 3.42. The van der Waals surface area contributed by atoms with Gasteiger partial charge in [-0.25, -0.2) is 0 Å². The second kappa shape index (κ2) is 7.89. The van der Waals surface area contributed by atoms with Gasteiger partial charge in [-0.15, -0.1) is 10.2 Å². The zero-order valence-electron chi connectivity index (χ0n) is 11.1. The Morgan fingerprint density at radius 3 is 2.65 bits per heavy atom. The SMILES string of the molecule is CC(C)CCNCCSc1nnc(N(C)C)s1. The van der Waals surface area contributed by atoms with Crippen molar-refractivity contribution >= 4 is 28.2 Å². The third-order valence-electron chi connectivity index (χ3n) is 2.18. The molecule has 98 valence electrons. The van der Waals surface area contributed by atoms with Gasteiger partial charge in [-0.1, -0.05) is 36.9 Å². The third-order valence-corrected chi connectivity index (χ3v) is 4.41. The molecule has 0 atom stereocenters. The van der Waals surface area contributed by atoms with Crippen LogP contribution < -0.4 is 10.2 Å². The minimum absolute atomic E-state index is 0.779. The first kappa shape index (κ1) is 14.7. The monoisotopic (exact) mass is 274 g/mol. The van der Waals surface area contributed by atoms with Gasteiger partial charge < -0.3 is 10.2 Å². The van der Waals surface area contributed by atoms with Crippen LogP contribution in [0, 0.1) is 5.92 Å². The molecule has 0 fully saturated rings. The van der Waals surface area contributed by atoms with Gasteiger partial charge in [0, 0.05) is 26.4 Å². The molecule has 1 rings (SSSR count). The topological polar surface area (TPSA) is 41.1 Å². The molecular formula is C11H22N4S2. The van der Waals surface area contributed by atoms with Crippen LogP contribution in [0.4, 0.5) is 5.13 Å². The maximum absolute atomic E-state index is 4.15. The summed E-state index contributed by atoms with van der Waals surface area (Å²) in [6.07, 6.45) is 1.24. The third kappa shape index (κ3) is 6.24. The molecule has 0 aromatic carbocycles. The van der Waals surface area contributed by atoms with Crippen LogP contribution in [0.5, 0.6) is 0 Å². The van der Waals surface area contributed by atoms with E-state index in [2.05, 4.69) is 29.4 Å². The molecule has 0 saturated heterocycles. The number of nitrogens with one attached hydrogen (secondary N) is 1. The van der Waals surface area contributed by atoms with Crippen molar-refractivity contribution in [3.05, 3.63) is 0 Å². The number of nitrogens with zero attached hydrogens (tertiary/aromatic N) is 3. The van der Waals surface area contributed by atoms with E-state index < -0.39 is 0 Å². The maximum atomic E-state index is 4.15. The Morgan fingerprint density at radius 2 is 2.06 bits per heavy atom. The van der Waals surface area contributed by atoms with Gasteiger partial charge in [0.15, 0.2) is 4.34 Å². The van der Waals surface area contributed by atoms with Crippen molar-refractivity contribution in [3.63, 3.8) is 0 Å². The Bertz CT molecular complexity index is 312. The fourth-order valence-electron chi connectivity index (χ4n) is 1.17. The lowest BCUT2D eigenvalue weighted by Crippen LogP contribution is -2.19. The Hall–Kier alpha value is -0.330. The lowest BCUT2D eigenvalue weighted by molar-refractivity contribution is 0.547. The summed E-state index contributed by atoms with van der Waals surface area (Å²) < 4.78 is 1.05. The molecule has 17 heavy (non-hydrogen) atoms. The molecule has 1 aromatic rings. The van der Waals surface area contributed by atoms with Crippen LogP contribution in [0.25, 0.3) is 0 Å². The van der Waals surface area contributed by atoms with E-state index in [0.29, 0.717) is 0 Å². The molecule has 0 aliphatic heterocycles. The largest absolute Gasteiger partial charge is 0.353 e. The zero-order chi connectivity index (χ0) is 12.7. The van der Waals surface area contributed by atoms with E-state index in [1.54, 1.807) is 23.1 Å². The van der Waals surface area contributed by atoms with Crippen LogP contribution in [0.3, 0.4) is 0 Å². The molecular weight excluding hydrogens is 252 g/mol. The summed E-state index contributed by atoms with van der Waals surface area (Å²) in [5.74, 6) is 1.83. The number of rotatable bonds is 8. The molecule has 0 aliphatic carbocycles. The van der Waals surface area contributed by atoms with Crippen molar-refractivity contribution in [3.8, 4) is 0 Å². The van der Waals surface area contributed by atoms with Gasteiger partial charge in [-0.2, -0.15) is 0 Å². The van der Waals surface area contributed by atoms with Gasteiger partial charge >= 0.3 is 0 Å². The van der Waals surface area contributed by atoms with E-state index in [-0.39, 0.29) is 0 Å². The number of hydrogen-bond acceptors (Lipinski definition) is 6. The molecule has 0 bridgehead atoms. The van der Waals surface area contributed by atoms with Crippen LogP contribution in [0.1, 0.15) is 20.3 Å². The van der Waals surface area contributed by atoms with Gasteiger partial charge in [0.2, 0.25) is 5.13 Å². The summed E-state index contributed by atoms with van der Waals surface area (Å²) in [6, 6.07) is 0. The molecule has 1 aromatic heterocycles. The van der Waals surface area contributed by atoms with Crippen molar-refractivity contribution in [1.82, 2.24) is 15.5 Å². The van der Waals surface area contributed by atoms with Crippen LogP contribution >= 0.6 is 23.1 Å². The maximum Gasteiger partial charge on any atom is 0.208 e. The predicted molar refractivity (Wildman–Crippen MR) is 77.3 cm³/mol. The normalized spacial score (nSPS) is 11.1. The van der Waals surface area contributed by atoms with Crippen molar-refractivity contribution in [2.45, 2.75) is 24.6 Å². The van der Waals surface area contributed by atoms with E-state index in [0.717, 1.165) is 34.2 Å². The minimum atomic E-state index is 0.779. The lowest BCUT2D eigenvalue weighted by Gasteiger charge is -2.05. The summed E-state index contributed by atoms with van der Waals surface area (Å²) in [5.41, 5.74) is 0. The van der Waals surface area contributed by atoms with Crippen LogP contribution in [-0.2, 0) is 0 Å². The zero-order valence-corrected chi connectivity index (χ0v) is 12.7. The summed E-state index contributed by atoms with van der Waals surface area (Å²) in [4.78, 5) is 1.99. The first-order valence-electron chi connectivity index (χ1n) is 5.94. The Labute approximate surface area is 112 Å². The van der Waals surface area contributed by atoms with Gasteiger partial charge in [0.05, 0.1) is 0 Å². The standard InChI is InChI=1S/C11H22N4S2/c1-9(2)5-6-12-7-8-16-11-14-13-10(17-11)15(3)4/h9,12H,5-8H2,1-4H3. The second-order valence-corrected chi connectivity index (χ2v) is 6.82. The van der Waals surface area contributed by atoms with Crippen molar-refractivity contribution in [2.24, 2.45) is 5.92 Å². The average Bonchev–Trinajstić information content (AvgIpc) is 2.71. The molecule has 0 radical (unpaired) electrons. The van der Waals surface area contributed by atoms with Crippen molar-refractivity contribution in [1.29, 1.82) is 0 Å². The molecule has 0 aliphatic rings.